The Morgan fingerprint density at radius 3 is 2.93 bits per heavy atom. The standard InChI is InChI=1S/C22H23N3O2S/c1-13(2)14-5-3-6-16(9-14)25-12-15(10-20(25)26)21(27)24-22-18(11-23)17-7-4-8-19(17)28-22/h3,5-6,9,13,15H,4,7-8,10,12H2,1-2H3,(H,24,27). The van der Waals surface area contributed by atoms with Crippen molar-refractivity contribution in [1.29, 1.82) is 5.26 Å². The molecule has 28 heavy (non-hydrogen) atoms. The summed E-state index contributed by atoms with van der Waals surface area (Å²) in [5.74, 6) is -0.233. The number of nitriles is 1. The van der Waals surface area contributed by atoms with Gasteiger partial charge in [0.05, 0.1) is 11.5 Å². The number of anilines is 2. The van der Waals surface area contributed by atoms with Crippen LogP contribution in [-0.4, -0.2) is 18.4 Å². The third kappa shape index (κ3) is 3.31. The molecule has 1 unspecified atom stereocenters. The Balaban J connectivity index is 1.49. The first-order valence-electron chi connectivity index (χ1n) is 9.73. The van der Waals surface area contributed by atoms with Crippen molar-refractivity contribution in [2.75, 3.05) is 16.8 Å². The lowest BCUT2D eigenvalue weighted by Gasteiger charge is -2.18. The third-order valence-corrected chi connectivity index (χ3v) is 6.82. The largest absolute Gasteiger partial charge is 0.316 e. The number of hydrogen-bond acceptors (Lipinski definition) is 4. The summed E-state index contributed by atoms with van der Waals surface area (Å²) in [6.07, 6.45) is 3.16. The molecule has 1 aliphatic carbocycles. The summed E-state index contributed by atoms with van der Waals surface area (Å²) < 4.78 is 0. The number of nitrogens with zero attached hydrogens (tertiary/aromatic N) is 2. The van der Waals surface area contributed by atoms with Crippen LogP contribution >= 0.6 is 11.3 Å². The highest BCUT2D eigenvalue weighted by Gasteiger charge is 2.36. The predicted molar refractivity (Wildman–Crippen MR) is 111 cm³/mol. The van der Waals surface area contributed by atoms with Gasteiger partial charge in [-0.3, -0.25) is 9.59 Å². The number of aryl methyl sites for hydroxylation is 1. The molecule has 6 heteroatoms. The molecular formula is C22H23N3O2S. The number of thiophene rings is 1. The van der Waals surface area contributed by atoms with E-state index in [2.05, 4.69) is 31.3 Å². The summed E-state index contributed by atoms with van der Waals surface area (Å²) in [4.78, 5) is 28.3. The molecule has 1 saturated heterocycles. The first kappa shape index (κ1) is 18.7. The number of rotatable bonds is 4. The number of carbonyl (C=O) groups is 2. The molecule has 4 rings (SSSR count). The van der Waals surface area contributed by atoms with Crippen molar-refractivity contribution >= 4 is 33.8 Å². The van der Waals surface area contributed by atoms with Gasteiger partial charge in [-0.2, -0.15) is 5.26 Å². The molecule has 1 atom stereocenters. The quantitative estimate of drug-likeness (QED) is 0.845. The van der Waals surface area contributed by atoms with Crippen LogP contribution < -0.4 is 10.2 Å². The molecular weight excluding hydrogens is 370 g/mol. The number of carbonyl (C=O) groups excluding carboxylic acids is 2. The summed E-state index contributed by atoms with van der Waals surface area (Å²) in [7, 11) is 0. The molecule has 2 heterocycles. The van der Waals surface area contributed by atoms with E-state index in [1.165, 1.54) is 21.8 Å². The Hall–Kier alpha value is -2.65. The van der Waals surface area contributed by atoms with Crippen LogP contribution in [0.15, 0.2) is 24.3 Å². The average molecular weight is 394 g/mol. The highest BCUT2D eigenvalue weighted by atomic mass is 32.1. The Bertz CT molecular complexity index is 986. The second kappa shape index (κ2) is 7.40. The molecule has 0 saturated carbocycles. The molecule has 2 aliphatic rings. The molecule has 1 fully saturated rings. The smallest absolute Gasteiger partial charge is 0.230 e. The molecule has 1 aromatic heterocycles. The minimum absolute atomic E-state index is 0.0322. The summed E-state index contributed by atoms with van der Waals surface area (Å²) in [6.45, 7) is 4.61. The Morgan fingerprint density at radius 2 is 2.18 bits per heavy atom. The van der Waals surface area contributed by atoms with Crippen molar-refractivity contribution in [2.45, 2.75) is 45.4 Å². The minimum Gasteiger partial charge on any atom is -0.316 e. The first-order valence-corrected chi connectivity index (χ1v) is 10.6. The monoisotopic (exact) mass is 393 g/mol. The molecule has 2 amide bonds. The molecule has 2 aromatic rings. The number of benzene rings is 1. The summed E-state index contributed by atoms with van der Waals surface area (Å²) in [6, 6.07) is 10.2. The van der Waals surface area contributed by atoms with E-state index in [9.17, 15) is 14.9 Å². The van der Waals surface area contributed by atoms with Crippen molar-refractivity contribution in [3.8, 4) is 6.07 Å². The van der Waals surface area contributed by atoms with Gasteiger partial charge in [-0.15, -0.1) is 11.3 Å². The fourth-order valence-electron chi connectivity index (χ4n) is 4.01. The lowest BCUT2D eigenvalue weighted by Crippen LogP contribution is -2.28. The van der Waals surface area contributed by atoms with Gasteiger partial charge in [0, 0.05) is 23.5 Å². The first-order chi connectivity index (χ1) is 13.5. The second-order valence-corrected chi connectivity index (χ2v) is 8.92. The highest BCUT2D eigenvalue weighted by Crippen LogP contribution is 2.39. The van der Waals surface area contributed by atoms with Crippen molar-refractivity contribution < 1.29 is 9.59 Å². The average Bonchev–Trinajstić information content (AvgIpc) is 3.36. The number of nitrogens with one attached hydrogen (secondary N) is 1. The zero-order chi connectivity index (χ0) is 19.8. The van der Waals surface area contributed by atoms with E-state index in [1.807, 2.05) is 18.2 Å². The minimum atomic E-state index is -0.404. The Morgan fingerprint density at radius 1 is 1.36 bits per heavy atom. The summed E-state index contributed by atoms with van der Waals surface area (Å²) >= 11 is 1.51. The fourth-order valence-corrected chi connectivity index (χ4v) is 5.25. The van der Waals surface area contributed by atoms with Crippen molar-refractivity contribution in [1.82, 2.24) is 0 Å². The molecule has 0 radical (unpaired) electrons. The van der Waals surface area contributed by atoms with Crippen LogP contribution in [0.25, 0.3) is 0 Å². The van der Waals surface area contributed by atoms with Gasteiger partial charge in [-0.25, -0.2) is 0 Å². The van der Waals surface area contributed by atoms with Gasteiger partial charge in [0.1, 0.15) is 11.1 Å². The third-order valence-electron chi connectivity index (χ3n) is 5.61. The Kier molecular flexibility index (Phi) is 4.94. The maximum Gasteiger partial charge on any atom is 0.230 e. The summed E-state index contributed by atoms with van der Waals surface area (Å²) in [5, 5.41) is 13.1. The molecule has 1 aliphatic heterocycles. The van der Waals surface area contributed by atoms with Gasteiger partial charge >= 0.3 is 0 Å². The van der Waals surface area contributed by atoms with Crippen molar-refractivity contribution in [2.24, 2.45) is 5.92 Å². The summed E-state index contributed by atoms with van der Waals surface area (Å²) in [5.41, 5.74) is 3.72. The van der Waals surface area contributed by atoms with E-state index in [0.717, 1.165) is 30.5 Å². The van der Waals surface area contributed by atoms with Gasteiger partial charge in [0.2, 0.25) is 11.8 Å². The molecule has 5 nitrogen and oxygen atoms in total. The normalized spacial score (nSPS) is 18.4. The zero-order valence-electron chi connectivity index (χ0n) is 16.1. The van der Waals surface area contributed by atoms with Crippen LogP contribution in [-0.2, 0) is 22.4 Å². The van der Waals surface area contributed by atoms with Gasteiger partial charge < -0.3 is 10.2 Å². The predicted octanol–water partition coefficient (Wildman–Crippen LogP) is 4.22. The fraction of sp³-hybridized carbons (Fsp3) is 0.409. The van der Waals surface area contributed by atoms with E-state index >= 15 is 0 Å². The van der Waals surface area contributed by atoms with E-state index in [0.29, 0.717) is 23.0 Å². The zero-order valence-corrected chi connectivity index (χ0v) is 16.9. The van der Waals surface area contributed by atoms with Gasteiger partial charge in [-0.1, -0.05) is 26.0 Å². The van der Waals surface area contributed by atoms with E-state index in [1.54, 1.807) is 4.90 Å². The van der Waals surface area contributed by atoms with Crippen LogP contribution in [0.3, 0.4) is 0 Å². The number of amides is 2. The molecule has 144 valence electrons. The molecule has 0 bridgehead atoms. The van der Waals surface area contributed by atoms with Crippen LogP contribution in [0.5, 0.6) is 0 Å². The maximum absolute atomic E-state index is 12.8. The van der Waals surface area contributed by atoms with E-state index in [4.69, 9.17) is 0 Å². The van der Waals surface area contributed by atoms with Crippen LogP contribution in [0.4, 0.5) is 10.7 Å². The highest BCUT2D eigenvalue weighted by molar-refractivity contribution is 7.16. The van der Waals surface area contributed by atoms with Gasteiger partial charge in [0.15, 0.2) is 0 Å². The molecule has 1 aromatic carbocycles. The Labute approximate surface area is 169 Å². The lowest BCUT2D eigenvalue weighted by molar-refractivity contribution is -0.122. The molecule has 0 spiro atoms. The van der Waals surface area contributed by atoms with Crippen molar-refractivity contribution in [3.63, 3.8) is 0 Å². The number of fused-ring (bicyclic) bond motifs is 1. The topological polar surface area (TPSA) is 73.2 Å². The van der Waals surface area contributed by atoms with E-state index in [-0.39, 0.29) is 18.2 Å². The maximum atomic E-state index is 12.8. The number of hydrogen-bond donors (Lipinski definition) is 1. The SMILES string of the molecule is CC(C)c1cccc(N2CC(C(=O)Nc3sc4c(c3C#N)CCC4)CC2=O)c1. The van der Waals surface area contributed by atoms with Crippen LogP contribution in [0.2, 0.25) is 0 Å². The van der Waals surface area contributed by atoms with Crippen LogP contribution in [0, 0.1) is 17.2 Å². The van der Waals surface area contributed by atoms with Gasteiger partial charge in [0.25, 0.3) is 0 Å². The van der Waals surface area contributed by atoms with E-state index < -0.39 is 5.92 Å². The van der Waals surface area contributed by atoms with Gasteiger partial charge in [-0.05, 0) is 48.4 Å². The second-order valence-electron chi connectivity index (χ2n) is 7.82. The van der Waals surface area contributed by atoms with Crippen LogP contribution in [0.1, 0.15) is 54.2 Å². The van der Waals surface area contributed by atoms with Crippen molar-refractivity contribution in [3.05, 3.63) is 45.8 Å². The molecule has 1 N–H and O–H groups in total. The lowest BCUT2D eigenvalue weighted by atomic mass is 10.0.